The smallest absolute Gasteiger partial charge is 0.255 e. The Labute approximate surface area is 158 Å². The summed E-state index contributed by atoms with van der Waals surface area (Å²) in [5.41, 5.74) is 2.81. The fraction of sp³-hybridized carbons (Fsp3) is 0.550. The van der Waals surface area contributed by atoms with E-state index >= 15 is 0 Å². The third-order valence-electron chi connectivity index (χ3n) is 5.98. The number of hydrogen-bond acceptors (Lipinski definition) is 5. The number of fused-ring (bicyclic) bond motifs is 1. The molecule has 2 unspecified atom stereocenters. The van der Waals surface area contributed by atoms with E-state index in [9.17, 15) is 14.4 Å². The molecule has 0 saturated carbocycles. The molecule has 2 fully saturated rings. The number of carbonyl (C=O) groups is 3. The van der Waals surface area contributed by atoms with Gasteiger partial charge in [-0.25, -0.2) is 0 Å². The van der Waals surface area contributed by atoms with Gasteiger partial charge in [-0.3, -0.25) is 19.7 Å². The highest BCUT2D eigenvalue weighted by atomic mass is 16.2. The summed E-state index contributed by atoms with van der Waals surface area (Å²) in [6.07, 6.45) is 2.94. The number of imide groups is 1. The summed E-state index contributed by atoms with van der Waals surface area (Å²) in [5, 5.41) is 9.43. The standard InChI is InChI=1S/C20H26N4O3/c1-20(8-3-9-21-12-20)22-10-13-4-2-5-14-15(13)11-24(19(14)27)16-6-7-17(25)23-18(16)26/h2,4-5,16,21-22H,3,6-12H2,1H3,(H,23,25,26). The van der Waals surface area contributed by atoms with Crippen molar-refractivity contribution in [2.24, 2.45) is 0 Å². The minimum Gasteiger partial charge on any atom is -0.322 e. The Morgan fingerprint density at radius 1 is 1.30 bits per heavy atom. The summed E-state index contributed by atoms with van der Waals surface area (Å²) in [7, 11) is 0. The number of piperidine rings is 2. The average molecular weight is 370 g/mol. The van der Waals surface area contributed by atoms with E-state index in [1.807, 2.05) is 18.2 Å². The van der Waals surface area contributed by atoms with Crippen molar-refractivity contribution in [1.29, 1.82) is 0 Å². The number of hydrogen-bond donors (Lipinski definition) is 3. The molecule has 0 spiro atoms. The Morgan fingerprint density at radius 2 is 2.15 bits per heavy atom. The van der Waals surface area contributed by atoms with Gasteiger partial charge in [-0.2, -0.15) is 0 Å². The highest BCUT2D eigenvalue weighted by Crippen LogP contribution is 2.30. The minimum atomic E-state index is -0.566. The van der Waals surface area contributed by atoms with Crippen LogP contribution >= 0.6 is 0 Å². The molecule has 0 bridgehead atoms. The summed E-state index contributed by atoms with van der Waals surface area (Å²) in [5.74, 6) is -0.751. The second-order valence-corrected chi connectivity index (χ2v) is 8.04. The molecule has 1 aromatic rings. The van der Waals surface area contributed by atoms with Gasteiger partial charge in [0.1, 0.15) is 6.04 Å². The van der Waals surface area contributed by atoms with Crippen LogP contribution < -0.4 is 16.0 Å². The topological polar surface area (TPSA) is 90.5 Å². The maximum Gasteiger partial charge on any atom is 0.255 e. The lowest BCUT2D eigenvalue weighted by Gasteiger charge is -2.35. The molecule has 3 aliphatic heterocycles. The molecule has 3 amide bonds. The lowest BCUT2D eigenvalue weighted by Crippen LogP contribution is -2.53. The maximum atomic E-state index is 12.9. The van der Waals surface area contributed by atoms with Gasteiger partial charge in [0.25, 0.3) is 5.91 Å². The van der Waals surface area contributed by atoms with Gasteiger partial charge in [-0.1, -0.05) is 12.1 Å². The van der Waals surface area contributed by atoms with Crippen LogP contribution in [0.5, 0.6) is 0 Å². The molecule has 0 aliphatic carbocycles. The molecule has 1 aromatic carbocycles. The average Bonchev–Trinajstić information content (AvgIpc) is 2.98. The van der Waals surface area contributed by atoms with Gasteiger partial charge in [-0.05, 0) is 49.9 Å². The SMILES string of the molecule is CC1(NCc2cccc3c2CN(C2CCC(=O)NC2=O)C3=O)CCCNC1. The molecule has 3 N–H and O–H groups in total. The van der Waals surface area contributed by atoms with E-state index in [4.69, 9.17) is 0 Å². The predicted octanol–water partition coefficient (Wildman–Crippen LogP) is 0.679. The molecule has 2 atom stereocenters. The summed E-state index contributed by atoms with van der Waals surface area (Å²) in [6.45, 7) is 5.34. The Kier molecular flexibility index (Phi) is 4.74. The number of nitrogens with zero attached hydrogens (tertiary/aromatic N) is 1. The predicted molar refractivity (Wildman–Crippen MR) is 99.8 cm³/mol. The van der Waals surface area contributed by atoms with Crippen LogP contribution in [0.15, 0.2) is 18.2 Å². The van der Waals surface area contributed by atoms with Crippen molar-refractivity contribution < 1.29 is 14.4 Å². The number of benzene rings is 1. The second kappa shape index (κ2) is 7.05. The van der Waals surface area contributed by atoms with Crippen molar-refractivity contribution in [3.63, 3.8) is 0 Å². The Hall–Kier alpha value is -2.25. The van der Waals surface area contributed by atoms with E-state index in [-0.39, 0.29) is 29.7 Å². The molecule has 3 heterocycles. The normalized spacial score (nSPS) is 28.3. The fourth-order valence-corrected chi connectivity index (χ4v) is 4.33. The lowest BCUT2D eigenvalue weighted by molar-refractivity contribution is -0.136. The molecule has 2 saturated heterocycles. The van der Waals surface area contributed by atoms with Gasteiger partial charge in [-0.15, -0.1) is 0 Å². The highest BCUT2D eigenvalue weighted by molar-refractivity contribution is 6.05. The van der Waals surface area contributed by atoms with Gasteiger partial charge in [0, 0.05) is 37.2 Å². The summed E-state index contributed by atoms with van der Waals surface area (Å²) in [6, 6.07) is 5.22. The van der Waals surface area contributed by atoms with Crippen molar-refractivity contribution in [3.05, 3.63) is 34.9 Å². The Balaban J connectivity index is 1.51. The zero-order chi connectivity index (χ0) is 19.0. The van der Waals surface area contributed by atoms with E-state index in [1.54, 1.807) is 4.90 Å². The van der Waals surface area contributed by atoms with Crippen molar-refractivity contribution in [1.82, 2.24) is 20.9 Å². The van der Waals surface area contributed by atoms with Crippen LogP contribution in [-0.2, 0) is 22.7 Å². The first-order valence-corrected chi connectivity index (χ1v) is 9.68. The molecule has 0 aromatic heterocycles. The van der Waals surface area contributed by atoms with Crippen molar-refractivity contribution in [2.45, 2.75) is 57.3 Å². The van der Waals surface area contributed by atoms with Crippen molar-refractivity contribution in [3.8, 4) is 0 Å². The van der Waals surface area contributed by atoms with E-state index in [2.05, 4.69) is 22.9 Å². The van der Waals surface area contributed by atoms with Crippen LogP contribution in [0.4, 0.5) is 0 Å². The van der Waals surface area contributed by atoms with E-state index in [0.29, 0.717) is 25.1 Å². The molecule has 144 valence electrons. The maximum absolute atomic E-state index is 12.9. The first kappa shape index (κ1) is 18.1. The van der Waals surface area contributed by atoms with E-state index < -0.39 is 6.04 Å². The monoisotopic (exact) mass is 370 g/mol. The van der Waals surface area contributed by atoms with Crippen LogP contribution in [-0.4, -0.2) is 47.3 Å². The molecule has 7 nitrogen and oxygen atoms in total. The summed E-state index contributed by atoms with van der Waals surface area (Å²) in [4.78, 5) is 38.1. The number of carbonyl (C=O) groups excluding carboxylic acids is 3. The first-order valence-electron chi connectivity index (χ1n) is 9.68. The molecular weight excluding hydrogens is 344 g/mol. The second-order valence-electron chi connectivity index (χ2n) is 8.04. The van der Waals surface area contributed by atoms with Gasteiger partial charge >= 0.3 is 0 Å². The highest BCUT2D eigenvalue weighted by Gasteiger charge is 2.39. The Bertz CT molecular complexity index is 785. The van der Waals surface area contributed by atoms with Gasteiger partial charge in [0.2, 0.25) is 11.8 Å². The molecule has 7 heteroatoms. The zero-order valence-corrected chi connectivity index (χ0v) is 15.6. The summed E-state index contributed by atoms with van der Waals surface area (Å²) < 4.78 is 0. The fourth-order valence-electron chi connectivity index (χ4n) is 4.33. The van der Waals surface area contributed by atoms with Gasteiger partial charge in [0.15, 0.2) is 0 Å². The van der Waals surface area contributed by atoms with Crippen LogP contribution in [0.25, 0.3) is 0 Å². The Morgan fingerprint density at radius 3 is 2.89 bits per heavy atom. The molecule has 27 heavy (non-hydrogen) atoms. The summed E-state index contributed by atoms with van der Waals surface area (Å²) >= 11 is 0. The third-order valence-corrected chi connectivity index (χ3v) is 5.98. The molecule has 0 radical (unpaired) electrons. The molecule has 4 rings (SSSR count). The first-order chi connectivity index (χ1) is 13.0. The number of rotatable bonds is 4. The third kappa shape index (κ3) is 3.49. The zero-order valence-electron chi connectivity index (χ0n) is 15.6. The van der Waals surface area contributed by atoms with Crippen molar-refractivity contribution in [2.75, 3.05) is 13.1 Å². The van der Waals surface area contributed by atoms with E-state index in [0.717, 1.165) is 37.1 Å². The minimum absolute atomic E-state index is 0.0485. The quantitative estimate of drug-likeness (QED) is 0.678. The van der Waals surface area contributed by atoms with Gasteiger partial charge < -0.3 is 15.5 Å². The number of nitrogens with one attached hydrogen (secondary N) is 3. The van der Waals surface area contributed by atoms with Crippen molar-refractivity contribution >= 4 is 17.7 Å². The molecule has 3 aliphatic rings. The lowest BCUT2D eigenvalue weighted by atomic mass is 9.91. The van der Waals surface area contributed by atoms with E-state index in [1.165, 1.54) is 0 Å². The van der Waals surface area contributed by atoms with Gasteiger partial charge in [0.05, 0.1) is 0 Å². The van der Waals surface area contributed by atoms with Crippen LogP contribution in [0.2, 0.25) is 0 Å². The van der Waals surface area contributed by atoms with Crippen LogP contribution in [0.3, 0.4) is 0 Å². The van der Waals surface area contributed by atoms with Crippen LogP contribution in [0, 0.1) is 0 Å². The number of amides is 3. The van der Waals surface area contributed by atoms with Crippen LogP contribution in [0.1, 0.15) is 54.1 Å². The largest absolute Gasteiger partial charge is 0.322 e. The molecular formula is C20H26N4O3.